The summed E-state index contributed by atoms with van der Waals surface area (Å²) in [6.45, 7) is 18.2. The van der Waals surface area contributed by atoms with Crippen molar-refractivity contribution in [2.75, 3.05) is 6.61 Å². The van der Waals surface area contributed by atoms with Crippen LogP contribution in [0.1, 0.15) is 100.0 Å². The van der Waals surface area contributed by atoms with Crippen LogP contribution in [0.25, 0.3) is 0 Å². The van der Waals surface area contributed by atoms with Gasteiger partial charge in [0.05, 0.1) is 17.4 Å². The molecule has 1 rings (SSSR count). The second kappa shape index (κ2) is 15.2. The molecule has 4 atom stereocenters. The highest BCUT2D eigenvalue weighted by atomic mass is 16.7. The highest BCUT2D eigenvalue weighted by Crippen LogP contribution is 2.39. The molecule has 3 unspecified atom stereocenters. The first-order valence-electron chi connectivity index (χ1n) is 14.3. The fourth-order valence-electron chi connectivity index (χ4n) is 3.62. The van der Waals surface area contributed by atoms with E-state index in [1.807, 2.05) is 27.7 Å². The zero-order valence-electron chi connectivity index (χ0n) is 26.2. The Labute approximate surface area is 244 Å². The maximum absolute atomic E-state index is 13.0. The number of carbonyl (C=O) groups is 4. The molecule has 0 fully saturated rings. The van der Waals surface area contributed by atoms with Gasteiger partial charge >= 0.3 is 24.1 Å². The Morgan fingerprint density at radius 2 is 1.39 bits per heavy atom. The molecule has 0 spiro atoms. The van der Waals surface area contributed by atoms with Crippen molar-refractivity contribution in [2.24, 2.45) is 28.4 Å². The van der Waals surface area contributed by atoms with Gasteiger partial charge in [-0.3, -0.25) is 14.4 Å². The molecule has 1 aromatic rings. The van der Waals surface area contributed by atoms with Crippen LogP contribution in [0.15, 0.2) is 18.2 Å². The number of esters is 2. The lowest BCUT2D eigenvalue weighted by atomic mass is 9.79. The van der Waals surface area contributed by atoms with Crippen LogP contribution in [-0.2, 0) is 23.9 Å². The molecule has 0 aromatic heterocycles. The summed E-state index contributed by atoms with van der Waals surface area (Å²) < 4.78 is 22.0. The van der Waals surface area contributed by atoms with Crippen molar-refractivity contribution in [1.29, 1.82) is 0 Å². The molecular formula is C31H49NO9. The van der Waals surface area contributed by atoms with Gasteiger partial charge in [-0.25, -0.2) is 4.79 Å². The zero-order valence-corrected chi connectivity index (χ0v) is 26.2. The summed E-state index contributed by atoms with van der Waals surface area (Å²) in [5, 5.41) is 9.83. The van der Waals surface area contributed by atoms with Crippen molar-refractivity contribution in [2.45, 2.75) is 107 Å². The minimum atomic E-state index is -1.39. The molecule has 0 radical (unpaired) electrons. The van der Waals surface area contributed by atoms with Crippen molar-refractivity contribution in [3.8, 4) is 11.5 Å². The maximum atomic E-state index is 13.0. The average molecular weight is 580 g/mol. The Bertz CT molecular complexity index is 1060. The molecule has 0 heterocycles. The summed E-state index contributed by atoms with van der Waals surface area (Å²) in [6.07, 6.45) is 0.0607. The molecule has 0 saturated heterocycles. The third kappa shape index (κ3) is 10.3. The molecule has 0 amide bonds. The number of carbonyl (C=O) groups excluding carboxylic acids is 3. The predicted molar refractivity (Wildman–Crippen MR) is 155 cm³/mol. The van der Waals surface area contributed by atoms with Crippen LogP contribution >= 0.6 is 0 Å². The Kier molecular flexibility index (Phi) is 13.3. The summed E-state index contributed by atoms with van der Waals surface area (Å²) in [5.41, 5.74) is 4.93. The van der Waals surface area contributed by atoms with E-state index in [9.17, 15) is 24.3 Å². The lowest BCUT2D eigenvalue weighted by Crippen LogP contribution is -2.42. The highest BCUT2D eigenvalue weighted by Gasteiger charge is 2.37. The first kappa shape index (κ1) is 35.9. The average Bonchev–Trinajstić information content (AvgIpc) is 2.89. The van der Waals surface area contributed by atoms with Crippen LogP contribution in [0.4, 0.5) is 4.79 Å². The molecule has 0 aliphatic heterocycles. The van der Waals surface area contributed by atoms with Crippen LogP contribution < -0.4 is 15.2 Å². The second-order valence-electron chi connectivity index (χ2n) is 12.3. The summed E-state index contributed by atoms with van der Waals surface area (Å²) in [4.78, 5) is 50.2. The monoisotopic (exact) mass is 579 g/mol. The minimum absolute atomic E-state index is 0.0221. The second-order valence-corrected chi connectivity index (χ2v) is 12.3. The lowest BCUT2D eigenvalue weighted by Gasteiger charge is -2.32. The van der Waals surface area contributed by atoms with Crippen molar-refractivity contribution in [3.63, 3.8) is 0 Å². The molecule has 0 saturated carbocycles. The SMILES string of the molecule is CCC(C)(C)C(=O)Oc1ccc(C(C(C)C(C)OC(=O)OCCC(C)C)[C@H](N)C(=O)O)cc1OC(=O)C(C)(C)CC. The first-order valence-corrected chi connectivity index (χ1v) is 14.3. The van der Waals surface area contributed by atoms with E-state index in [1.165, 1.54) is 12.1 Å². The Morgan fingerprint density at radius 1 is 0.878 bits per heavy atom. The number of ether oxygens (including phenoxy) is 4. The van der Waals surface area contributed by atoms with E-state index in [0.29, 0.717) is 30.7 Å². The van der Waals surface area contributed by atoms with E-state index >= 15 is 0 Å². The predicted octanol–water partition coefficient (Wildman–Crippen LogP) is 6.09. The van der Waals surface area contributed by atoms with Crippen LogP contribution in [0, 0.1) is 22.7 Å². The summed E-state index contributed by atoms with van der Waals surface area (Å²) in [7, 11) is 0. The van der Waals surface area contributed by atoms with E-state index in [4.69, 9.17) is 24.7 Å². The Morgan fingerprint density at radius 3 is 1.85 bits per heavy atom. The van der Waals surface area contributed by atoms with Crippen molar-refractivity contribution < 1.29 is 43.2 Å². The van der Waals surface area contributed by atoms with Gasteiger partial charge < -0.3 is 29.8 Å². The topological polar surface area (TPSA) is 151 Å². The van der Waals surface area contributed by atoms with Gasteiger partial charge in [0.1, 0.15) is 12.1 Å². The largest absolute Gasteiger partial charge is 0.508 e. The molecule has 0 bridgehead atoms. The summed E-state index contributed by atoms with van der Waals surface area (Å²) in [5.74, 6) is -3.46. The lowest BCUT2D eigenvalue weighted by molar-refractivity contribution is -0.147. The smallest absolute Gasteiger partial charge is 0.480 e. The standard InChI is InChI=1S/C31H49NO9/c1-11-30(7,8)27(35)40-22-14-13-21(17-23(22)41-28(36)31(9,10)12-2)24(25(32)26(33)34)19(5)20(6)39-29(37)38-16-15-18(3)4/h13-14,17-20,24-25H,11-12,15-16,32H2,1-10H3,(H,33,34)/t19?,20?,24?,25-/m0/s1. The third-order valence-corrected chi connectivity index (χ3v) is 7.81. The van der Waals surface area contributed by atoms with Gasteiger partial charge in [-0.1, -0.05) is 40.7 Å². The first-order chi connectivity index (χ1) is 18.9. The highest BCUT2D eigenvalue weighted by molar-refractivity contribution is 5.82. The number of rotatable bonds is 15. The zero-order chi connectivity index (χ0) is 31.7. The number of hydrogen-bond donors (Lipinski definition) is 2. The van der Waals surface area contributed by atoms with Gasteiger partial charge in [0.2, 0.25) is 0 Å². The number of aliphatic carboxylic acids is 1. The van der Waals surface area contributed by atoms with Gasteiger partial charge in [0, 0.05) is 11.8 Å². The Balaban J connectivity index is 3.49. The van der Waals surface area contributed by atoms with Crippen molar-refractivity contribution in [3.05, 3.63) is 23.8 Å². The van der Waals surface area contributed by atoms with Crippen LogP contribution in [0.5, 0.6) is 11.5 Å². The van der Waals surface area contributed by atoms with E-state index in [2.05, 4.69) is 0 Å². The number of carboxylic acid groups (broad SMARTS) is 1. The molecule has 10 heteroatoms. The fraction of sp³-hybridized carbons (Fsp3) is 0.677. The number of benzene rings is 1. The molecule has 41 heavy (non-hydrogen) atoms. The van der Waals surface area contributed by atoms with E-state index in [-0.39, 0.29) is 18.1 Å². The minimum Gasteiger partial charge on any atom is -0.480 e. The normalized spacial score (nSPS) is 14.9. The molecule has 0 aliphatic carbocycles. The summed E-state index contributed by atoms with van der Waals surface area (Å²) >= 11 is 0. The van der Waals surface area contributed by atoms with Gasteiger partial charge in [-0.15, -0.1) is 0 Å². The molecule has 232 valence electrons. The van der Waals surface area contributed by atoms with Crippen LogP contribution in [0.2, 0.25) is 0 Å². The van der Waals surface area contributed by atoms with Gasteiger partial charge in [-0.05, 0) is 77.5 Å². The van der Waals surface area contributed by atoms with Gasteiger partial charge in [0.25, 0.3) is 0 Å². The van der Waals surface area contributed by atoms with Crippen molar-refractivity contribution >= 4 is 24.1 Å². The van der Waals surface area contributed by atoms with Gasteiger partial charge in [-0.2, -0.15) is 0 Å². The molecule has 1 aromatic carbocycles. The van der Waals surface area contributed by atoms with Crippen LogP contribution in [0.3, 0.4) is 0 Å². The maximum Gasteiger partial charge on any atom is 0.508 e. The van der Waals surface area contributed by atoms with Crippen molar-refractivity contribution in [1.82, 2.24) is 0 Å². The molecule has 3 N–H and O–H groups in total. The fourth-order valence-corrected chi connectivity index (χ4v) is 3.62. The number of nitrogens with two attached hydrogens (primary N) is 1. The van der Waals surface area contributed by atoms with E-state index < -0.39 is 58.9 Å². The van der Waals surface area contributed by atoms with E-state index in [0.717, 1.165) is 0 Å². The molecule has 0 aliphatic rings. The molecular weight excluding hydrogens is 530 g/mol. The molecule has 10 nitrogen and oxygen atoms in total. The van der Waals surface area contributed by atoms with Gasteiger partial charge in [0.15, 0.2) is 11.5 Å². The van der Waals surface area contributed by atoms with Crippen LogP contribution in [-0.4, -0.2) is 47.9 Å². The number of hydrogen-bond acceptors (Lipinski definition) is 9. The summed E-state index contributed by atoms with van der Waals surface area (Å²) in [6, 6.07) is 3.10. The quantitative estimate of drug-likeness (QED) is 0.184. The Hall–Kier alpha value is -3.14. The third-order valence-electron chi connectivity index (χ3n) is 7.81. The number of carboxylic acids is 1. The van der Waals surface area contributed by atoms with E-state index in [1.54, 1.807) is 47.6 Å².